The number of imidazole rings is 1. The van der Waals surface area contributed by atoms with Crippen LogP contribution < -0.4 is 5.32 Å². The van der Waals surface area contributed by atoms with Crippen molar-refractivity contribution in [3.63, 3.8) is 0 Å². The first-order valence-corrected chi connectivity index (χ1v) is 6.01. The Morgan fingerprint density at radius 2 is 2.13 bits per heavy atom. The third kappa shape index (κ3) is 1.48. The van der Waals surface area contributed by atoms with Gasteiger partial charge >= 0.3 is 0 Å². The lowest BCUT2D eigenvalue weighted by molar-refractivity contribution is 0.702. The minimum Gasteiger partial charge on any atom is -0.316 e. The van der Waals surface area contributed by atoms with Crippen LogP contribution in [0, 0.1) is 0 Å². The second-order valence-corrected chi connectivity index (χ2v) is 4.61. The Bertz CT molecular complexity index is 504. The van der Waals surface area contributed by atoms with Gasteiger partial charge in [0.25, 0.3) is 0 Å². The molecule has 0 amide bonds. The summed E-state index contributed by atoms with van der Waals surface area (Å²) in [4.78, 5) is 4.67. The minimum absolute atomic E-state index is 1.03. The van der Waals surface area contributed by atoms with Crippen LogP contribution in [0.4, 0.5) is 0 Å². The van der Waals surface area contributed by atoms with Crippen molar-refractivity contribution in [2.24, 2.45) is 0 Å². The molecule has 1 N–H and O–H groups in total. The molecule has 0 spiro atoms. The SMILES string of the molecule is Brc1cccc2nc3c(n12)CCNCC3. The monoisotopic (exact) mass is 265 g/mol. The fraction of sp³-hybridized carbons (Fsp3) is 0.364. The molecule has 2 aromatic heterocycles. The van der Waals surface area contributed by atoms with Crippen LogP contribution in [0.25, 0.3) is 5.65 Å². The highest BCUT2D eigenvalue weighted by atomic mass is 79.9. The van der Waals surface area contributed by atoms with Gasteiger partial charge in [-0.15, -0.1) is 0 Å². The van der Waals surface area contributed by atoms with E-state index in [0.29, 0.717) is 0 Å². The van der Waals surface area contributed by atoms with Gasteiger partial charge in [0, 0.05) is 31.6 Å². The fourth-order valence-corrected chi connectivity index (χ4v) is 2.70. The van der Waals surface area contributed by atoms with E-state index < -0.39 is 0 Å². The third-order valence-corrected chi connectivity index (χ3v) is 3.47. The summed E-state index contributed by atoms with van der Waals surface area (Å²) in [6.07, 6.45) is 2.09. The standard InChI is InChI=1S/C11H12BrN3/c12-10-2-1-3-11-14-8-4-6-13-7-5-9(8)15(10)11/h1-3,13H,4-7H2. The summed E-state index contributed by atoms with van der Waals surface area (Å²) in [6.45, 7) is 2.08. The van der Waals surface area contributed by atoms with E-state index in [1.165, 1.54) is 11.4 Å². The second-order valence-electron chi connectivity index (χ2n) is 3.80. The van der Waals surface area contributed by atoms with Gasteiger partial charge in [-0.3, -0.25) is 4.40 Å². The Morgan fingerprint density at radius 1 is 1.27 bits per heavy atom. The number of halogens is 1. The average Bonchev–Trinajstić information content (AvgIpc) is 2.43. The molecule has 0 unspecified atom stereocenters. The van der Waals surface area contributed by atoms with Crippen LogP contribution in [0.5, 0.6) is 0 Å². The molecule has 15 heavy (non-hydrogen) atoms. The van der Waals surface area contributed by atoms with Crippen molar-refractivity contribution in [1.82, 2.24) is 14.7 Å². The predicted molar refractivity (Wildman–Crippen MR) is 63.2 cm³/mol. The Balaban J connectivity index is 2.29. The van der Waals surface area contributed by atoms with Gasteiger partial charge in [0.1, 0.15) is 5.65 Å². The van der Waals surface area contributed by atoms with Gasteiger partial charge in [-0.2, -0.15) is 0 Å². The summed E-state index contributed by atoms with van der Waals surface area (Å²) >= 11 is 3.58. The smallest absolute Gasteiger partial charge is 0.138 e. The first-order chi connectivity index (χ1) is 7.36. The van der Waals surface area contributed by atoms with E-state index >= 15 is 0 Å². The predicted octanol–water partition coefficient (Wildman–Crippen LogP) is 1.78. The molecule has 0 bridgehead atoms. The van der Waals surface area contributed by atoms with E-state index in [1.54, 1.807) is 0 Å². The van der Waals surface area contributed by atoms with Gasteiger partial charge in [0.2, 0.25) is 0 Å². The van der Waals surface area contributed by atoms with E-state index in [4.69, 9.17) is 0 Å². The molecule has 2 aromatic rings. The molecule has 1 aliphatic heterocycles. The van der Waals surface area contributed by atoms with E-state index in [1.807, 2.05) is 6.07 Å². The largest absolute Gasteiger partial charge is 0.316 e. The zero-order chi connectivity index (χ0) is 10.3. The Morgan fingerprint density at radius 3 is 3.07 bits per heavy atom. The summed E-state index contributed by atoms with van der Waals surface area (Å²) < 4.78 is 3.30. The number of rotatable bonds is 0. The Hall–Kier alpha value is -0.870. The van der Waals surface area contributed by atoms with Crippen molar-refractivity contribution >= 4 is 21.6 Å². The summed E-state index contributed by atoms with van der Waals surface area (Å²) in [6, 6.07) is 6.16. The zero-order valence-electron chi connectivity index (χ0n) is 8.33. The molecule has 0 saturated carbocycles. The number of nitrogens with one attached hydrogen (secondary N) is 1. The van der Waals surface area contributed by atoms with Gasteiger partial charge in [-0.25, -0.2) is 4.98 Å². The van der Waals surface area contributed by atoms with Crippen molar-refractivity contribution < 1.29 is 0 Å². The number of hydrogen-bond acceptors (Lipinski definition) is 2. The van der Waals surface area contributed by atoms with Gasteiger partial charge in [-0.05, 0) is 28.1 Å². The highest BCUT2D eigenvalue weighted by Gasteiger charge is 2.15. The second kappa shape index (κ2) is 3.61. The Labute approximate surface area is 96.6 Å². The molecule has 1 aliphatic rings. The van der Waals surface area contributed by atoms with E-state index in [0.717, 1.165) is 36.2 Å². The van der Waals surface area contributed by atoms with E-state index in [9.17, 15) is 0 Å². The molecule has 3 rings (SSSR count). The van der Waals surface area contributed by atoms with Gasteiger partial charge in [-0.1, -0.05) is 6.07 Å². The molecule has 4 heteroatoms. The molecule has 0 aromatic carbocycles. The van der Waals surface area contributed by atoms with Crippen molar-refractivity contribution in [2.45, 2.75) is 12.8 Å². The highest BCUT2D eigenvalue weighted by molar-refractivity contribution is 9.10. The van der Waals surface area contributed by atoms with Crippen LogP contribution in [0.3, 0.4) is 0 Å². The Kier molecular flexibility index (Phi) is 2.25. The van der Waals surface area contributed by atoms with Gasteiger partial charge in [0.15, 0.2) is 0 Å². The molecule has 78 valence electrons. The topological polar surface area (TPSA) is 29.3 Å². The molecule has 3 heterocycles. The van der Waals surface area contributed by atoms with Crippen molar-refractivity contribution in [3.05, 3.63) is 34.2 Å². The van der Waals surface area contributed by atoms with Crippen LogP contribution in [0.2, 0.25) is 0 Å². The maximum Gasteiger partial charge on any atom is 0.138 e. The highest BCUT2D eigenvalue weighted by Crippen LogP contribution is 2.20. The van der Waals surface area contributed by atoms with Crippen molar-refractivity contribution in [3.8, 4) is 0 Å². The number of nitrogens with zero attached hydrogens (tertiary/aromatic N) is 2. The van der Waals surface area contributed by atoms with Crippen LogP contribution >= 0.6 is 15.9 Å². The molecule has 0 fully saturated rings. The number of fused-ring (bicyclic) bond motifs is 3. The van der Waals surface area contributed by atoms with Crippen LogP contribution in [0.15, 0.2) is 22.8 Å². The molecular weight excluding hydrogens is 254 g/mol. The van der Waals surface area contributed by atoms with Crippen LogP contribution in [0.1, 0.15) is 11.4 Å². The molecule has 0 radical (unpaired) electrons. The molecule has 0 saturated heterocycles. The van der Waals surface area contributed by atoms with Crippen LogP contribution in [-0.2, 0) is 12.8 Å². The minimum atomic E-state index is 1.03. The maximum absolute atomic E-state index is 4.67. The molecular formula is C11H12BrN3. The summed E-state index contributed by atoms with van der Waals surface area (Å²) in [5, 5.41) is 3.40. The summed E-state index contributed by atoms with van der Waals surface area (Å²) in [5.41, 5.74) is 3.64. The van der Waals surface area contributed by atoms with Crippen LogP contribution in [-0.4, -0.2) is 22.5 Å². The number of aromatic nitrogens is 2. The third-order valence-electron chi connectivity index (χ3n) is 2.85. The average molecular weight is 266 g/mol. The quantitative estimate of drug-likeness (QED) is 0.736. The van der Waals surface area contributed by atoms with Gasteiger partial charge < -0.3 is 5.32 Å². The number of pyridine rings is 1. The number of hydrogen-bond donors (Lipinski definition) is 1. The van der Waals surface area contributed by atoms with Crippen molar-refractivity contribution in [1.29, 1.82) is 0 Å². The summed E-state index contributed by atoms with van der Waals surface area (Å²) in [5.74, 6) is 0. The lowest BCUT2D eigenvalue weighted by Gasteiger charge is -2.03. The summed E-state index contributed by atoms with van der Waals surface area (Å²) in [7, 11) is 0. The van der Waals surface area contributed by atoms with E-state index in [2.05, 4.69) is 42.8 Å². The van der Waals surface area contributed by atoms with E-state index in [-0.39, 0.29) is 0 Å². The maximum atomic E-state index is 4.67. The lowest BCUT2D eigenvalue weighted by atomic mass is 10.2. The van der Waals surface area contributed by atoms with Crippen molar-refractivity contribution in [2.75, 3.05) is 13.1 Å². The molecule has 0 atom stereocenters. The molecule has 0 aliphatic carbocycles. The normalized spacial score (nSPS) is 16.3. The lowest BCUT2D eigenvalue weighted by Crippen LogP contribution is -2.16. The molecule has 3 nitrogen and oxygen atoms in total. The fourth-order valence-electron chi connectivity index (χ4n) is 2.15. The zero-order valence-corrected chi connectivity index (χ0v) is 9.92. The van der Waals surface area contributed by atoms with Gasteiger partial charge in [0.05, 0.1) is 10.3 Å². The first-order valence-electron chi connectivity index (χ1n) is 5.22. The first kappa shape index (κ1) is 9.36.